The Labute approximate surface area is 92.4 Å². The molecule has 0 aromatic rings. The summed E-state index contributed by atoms with van der Waals surface area (Å²) in [6.07, 6.45) is 3.99. The van der Waals surface area contributed by atoms with Gasteiger partial charge in [0.25, 0.3) is 0 Å². The topological polar surface area (TPSA) is 23.6 Å². The summed E-state index contributed by atoms with van der Waals surface area (Å²) in [5.41, 5.74) is 0. The van der Waals surface area contributed by atoms with E-state index in [9.17, 15) is 4.79 Å². The number of nitrogens with zero attached hydrogens (tertiary/aromatic N) is 2. The first kappa shape index (κ1) is 11.1. The molecule has 1 saturated heterocycles. The van der Waals surface area contributed by atoms with Crippen molar-refractivity contribution in [3.63, 3.8) is 0 Å². The van der Waals surface area contributed by atoms with Crippen LogP contribution >= 0.6 is 0 Å². The lowest BCUT2D eigenvalue weighted by Crippen LogP contribution is -2.37. The molecule has 0 aromatic carbocycles. The van der Waals surface area contributed by atoms with Crippen molar-refractivity contribution in [2.24, 2.45) is 0 Å². The summed E-state index contributed by atoms with van der Waals surface area (Å²) in [6, 6.07) is 0.564. The van der Waals surface area contributed by atoms with Crippen molar-refractivity contribution >= 4 is 5.78 Å². The van der Waals surface area contributed by atoms with E-state index in [1.165, 1.54) is 26.1 Å². The first-order chi connectivity index (χ1) is 7.29. The number of ketones is 1. The third kappa shape index (κ3) is 2.79. The molecule has 0 radical (unpaired) electrons. The van der Waals surface area contributed by atoms with Crippen molar-refractivity contribution in [1.82, 2.24) is 9.80 Å². The molecule has 2 fully saturated rings. The highest BCUT2D eigenvalue weighted by molar-refractivity contribution is 5.81. The summed E-state index contributed by atoms with van der Waals surface area (Å²) in [5.74, 6) is 0.469. The highest BCUT2D eigenvalue weighted by Crippen LogP contribution is 2.21. The first-order valence-electron chi connectivity index (χ1n) is 6.27. The van der Waals surface area contributed by atoms with Crippen LogP contribution in [0.5, 0.6) is 0 Å². The molecule has 0 bridgehead atoms. The van der Waals surface area contributed by atoms with Gasteiger partial charge in [-0.15, -0.1) is 0 Å². The molecule has 1 aliphatic heterocycles. The maximum absolute atomic E-state index is 11.3. The van der Waals surface area contributed by atoms with E-state index in [0.717, 1.165) is 32.4 Å². The Morgan fingerprint density at radius 2 is 2.13 bits per heavy atom. The Balaban J connectivity index is 1.85. The van der Waals surface area contributed by atoms with Crippen molar-refractivity contribution in [3.05, 3.63) is 0 Å². The molecule has 3 nitrogen and oxygen atoms in total. The summed E-state index contributed by atoms with van der Waals surface area (Å²) in [5, 5.41) is 0. The van der Waals surface area contributed by atoms with E-state index in [1.54, 1.807) is 0 Å². The fourth-order valence-corrected chi connectivity index (χ4v) is 2.78. The molecule has 0 spiro atoms. The van der Waals surface area contributed by atoms with Gasteiger partial charge in [-0.05, 0) is 32.5 Å². The van der Waals surface area contributed by atoms with E-state index in [-0.39, 0.29) is 0 Å². The quantitative estimate of drug-likeness (QED) is 0.683. The highest BCUT2D eigenvalue weighted by atomic mass is 16.1. The Hall–Kier alpha value is -0.410. The van der Waals surface area contributed by atoms with Crippen molar-refractivity contribution in [2.75, 3.05) is 32.7 Å². The molecule has 0 N–H and O–H groups in total. The van der Waals surface area contributed by atoms with Gasteiger partial charge in [-0.3, -0.25) is 9.69 Å². The Bertz CT molecular complexity index is 230. The van der Waals surface area contributed by atoms with Gasteiger partial charge < -0.3 is 4.90 Å². The maximum Gasteiger partial charge on any atom is 0.134 e. The van der Waals surface area contributed by atoms with Crippen molar-refractivity contribution in [2.45, 2.75) is 38.6 Å². The number of hydrogen-bond acceptors (Lipinski definition) is 3. The van der Waals surface area contributed by atoms with Crippen LogP contribution in [0.3, 0.4) is 0 Å². The summed E-state index contributed by atoms with van der Waals surface area (Å²) < 4.78 is 0. The molecule has 86 valence electrons. The summed E-state index contributed by atoms with van der Waals surface area (Å²) in [6.45, 7) is 8.15. The second kappa shape index (κ2) is 5.08. The van der Waals surface area contributed by atoms with Crippen LogP contribution in [0, 0.1) is 0 Å². The standard InChI is InChI=1S/C12H22N2O/c1-2-13-6-3-7-14(9-8-13)11-4-5-12(15)10-11/h11H,2-10H2,1H3. The fourth-order valence-electron chi connectivity index (χ4n) is 2.78. The average Bonchev–Trinajstić information content (AvgIpc) is 2.54. The molecule has 3 heteroatoms. The van der Waals surface area contributed by atoms with Gasteiger partial charge in [-0.2, -0.15) is 0 Å². The van der Waals surface area contributed by atoms with E-state index in [2.05, 4.69) is 16.7 Å². The predicted molar refractivity (Wildman–Crippen MR) is 61.0 cm³/mol. The van der Waals surface area contributed by atoms with Gasteiger partial charge in [-0.25, -0.2) is 0 Å². The zero-order valence-electron chi connectivity index (χ0n) is 9.74. The van der Waals surface area contributed by atoms with E-state index in [0.29, 0.717) is 11.8 Å². The van der Waals surface area contributed by atoms with Crippen molar-refractivity contribution in [1.29, 1.82) is 0 Å². The van der Waals surface area contributed by atoms with Crippen LogP contribution < -0.4 is 0 Å². The second-order valence-electron chi connectivity index (χ2n) is 4.76. The molecule has 15 heavy (non-hydrogen) atoms. The van der Waals surface area contributed by atoms with Crippen LogP contribution in [-0.4, -0.2) is 54.3 Å². The van der Waals surface area contributed by atoms with Crippen LogP contribution in [0.2, 0.25) is 0 Å². The minimum atomic E-state index is 0.469. The summed E-state index contributed by atoms with van der Waals surface area (Å²) >= 11 is 0. The van der Waals surface area contributed by atoms with Gasteiger partial charge in [-0.1, -0.05) is 6.92 Å². The monoisotopic (exact) mass is 210 g/mol. The molecule has 2 aliphatic rings. The number of rotatable bonds is 2. The predicted octanol–water partition coefficient (Wildman–Crippen LogP) is 1.14. The van der Waals surface area contributed by atoms with Crippen LogP contribution in [0.4, 0.5) is 0 Å². The van der Waals surface area contributed by atoms with Gasteiger partial charge in [0, 0.05) is 32.0 Å². The Morgan fingerprint density at radius 3 is 2.80 bits per heavy atom. The van der Waals surface area contributed by atoms with Gasteiger partial charge in [0.05, 0.1) is 0 Å². The van der Waals surface area contributed by atoms with Crippen molar-refractivity contribution < 1.29 is 4.79 Å². The largest absolute Gasteiger partial charge is 0.302 e. The fraction of sp³-hybridized carbons (Fsp3) is 0.917. The number of carbonyl (C=O) groups is 1. The van der Waals surface area contributed by atoms with Crippen LogP contribution in [0.25, 0.3) is 0 Å². The molecule has 1 saturated carbocycles. The smallest absolute Gasteiger partial charge is 0.134 e. The van der Waals surface area contributed by atoms with Crippen molar-refractivity contribution in [3.8, 4) is 0 Å². The number of hydrogen-bond donors (Lipinski definition) is 0. The lowest BCUT2D eigenvalue weighted by atomic mass is 10.2. The third-order valence-corrected chi connectivity index (χ3v) is 3.81. The third-order valence-electron chi connectivity index (χ3n) is 3.81. The molecular weight excluding hydrogens is 188 g/mol. The van der Waals surface area contributed by atoms with E-state index in [4.69, 9.17) is 0 Å². The molecular formula is C12H22N2O. The van der Waals surface area contributed by atoms with Gasteiger partial charge in [0.15, 0.2) is 0 Å². The molecule has 0 aromatic heterocycles. The van der Waals surface area contributed by atoms with E-state index < -0.39 is 0 Å². The summed E-state index contributed by atoms with van der Waals surface area (Å²) in [7, 11) is 0. The first-order valence-corrected chi connectivity index (χ1v) is 6.27. The second-order valence-corrected chi connectivity index (χ2v) is 4.76. The van der Waals surface area contributed by atoms with Crippen LogP contribution in [0.1, 0.15) is 32.6 Å². The van der Waals surface area contributed by atoms with Gasteiger partial charge in [0.2, 0.25) is 0 Å². The lowest BCUT2D eigenvalue weighted by Gasteiger charge is -2.26. The maximum atomic E-state index is 11.3. The van der Waals surface area contributed by atoms with E-state index >= 15 is 0 Å². The zero-order chi connectivity index (χ0) is 10.7. The average molecular weight is 210 g/mol. The molecule has 1 aliphatic carbocycles. The SMILES string of the molecule is CCN1CCCN(C2CCC(=O)C2)CC1. The molecule has 1 heterocycles. The Kier molecular flexibility index (Phi) is 3.76. The minimum Gasteiger partial charge on any atom is -0.302 e. The highest BCUT2D eigenvalue weighted by Gasteiger charge is 2.28. The minimum absolute atomic E-state index is 0.469. The van der Waals surface area contributed by atoms with Gasteiger partial charge in [0.1, 0.15) is 5.78 Å². The van der Waals surface area contributed by atoms with Crippen LogP contribution in [0.15, 0.2) is 0 Å². The lowest BCUT2D eigenvalue weighted by molar-refractivity contribution is -0.117. The molecule has 0 amide bonds. The normalized spacial score (nSPS) is 30.7. The van der Waals surface area contributed by atoms with Crippen LogP contribution in [-0.2, 0) is 4.79 Å². The van der Waals surface area contributed by atoms with E-state index in [1.807, 2.05) is 0 Å². The Morgan fingerprint density at radius 1 is 1.27 bits per heavy atom. The number of Topliss-reactive ketones (excluding diaryl/α,β-unsaturated/α-hetero) is 1. The molecule has 1 atom stereocenters. The number of likely N-dealkylation sites (N-methyl/N-ethyl adjacent to an activating group) is 1. The molecule has 1 unspecified atom stereocenters. The molecule has 2 rings (SSSR count). The van der Waals surface area contributed by atoms with Gasteiger partial charge >= 0.3 is 0 Å². The zero-order valence-corrected chi connectivity index (χ0v) is 9.74. The number of carbonyl (C=O) groups excluding carboxylic acids is 1. The summed E-state index contributed by atoms with van der Waals surface area (Å²) in [4.78, 5) is 16.3.